The zero-order chi connectivity index (χ0) is 12.1. The van der Waals surface area contributed by atoms with Gasteiger partial charge in [-0.2, -0.15) is 5.26 Å². The number of nitriles is 1. The third-order valence-corrected chi connectivity index (χ3v) is 2.87. The van der Waals surface area contributed by atoms with Crippen LogP contribution in [0.1, 0.15) is 26.2 Å². The average molecular weight is 224 g/mol. The first-order valence-electron chi connectivity index (χ1n) is 5.43. The Hall–Kier alpha value is -1.57. The molecule has 88 valence electrons. The number of carbonyl (C=O) groups excluding carboxylic acids is 2. The highest BCUT2D eigenvalue weighted by molar-refractivity contribution is 5.87. The Bertz CT molecular complexity index is 322. The number of esters is 1. The van der Waals surface area contributed by atoms with Crippen molar-refractivity contribution in [2.24, 2.45) is 5.92 Å². The summed E-state index contributed by atoms with van der Waals surface area (Å²) in [5, 5.41) is 8.83. The summed E-state index contributed by atoms with van der Waals surface area (Å²) in [5.41, 5.74) is 0. The average Bonchev–Trinajstić information content (AvgIpc) is 2.78. The van der Waals surface area contributed by atoms with Crippen molar-refractivity contribution >= 4 is 11.9 Å². The Balaban J connectivity index is 2.75. The van der Waals surface area contributed by atoms with Crippen molar-refractivity contribution in [1.82, 2.24) is 4.90 Å². The van der Waals surface area contributed by atoms with E-state index in [-0.39, 0.29) is 5.91 Å². The maximum Gasteiger partial charge on any atom is 0.328 e. The van der Waals surface area contributed by atoms with E-state index in [0.717, 1.165) is 6.42 Å². The van der Waals surface area contributed by atoms with E-state index in [1.807, 2.05) is 6.07 Å². The lowest BCUT2D eigenvalue weighted by molar-refractivity contribution is -0.151. The predicted octanol–water partition coefficient (Wildman–Crippen LogP) is 0.700. The molecule has 1 aliphatic heterocycles. The molecule has 5 heteroatoms. The number of nitrogens with zero attached hydrogens (tertiary/aromatic N) is 2. The molecule has 0 N–H and O–H groups in total. The second kappa shape index (κ2) is 5.50. The standard InChI is InChI=1S/C11H16N2O3/c1-3-8(7-12)10(14)13-6-4-5-9(13)11(15)16-2/h8-9H,3-6H2,1-2H3. The molecule has 16 heavy (non-hydrogen) atoms. The molecule has 1 aliphatic rings. The molecule has 1 saturated heterocycles. The summed E-state index contributed by atoms with van der Waals surface area (Å²) in [6.45, 7) is 2.33. The second-order valence-electron chi connectivity index (χ2n) is 3.80. The van der Waals surface area contributed by atoms with Gasteiger partial charge in [-0.15, -0.1) is 0 Å². The molecule has 1 fully saturated rings. The number of hydrogen-bond donors (Lipinski definition) is 0. The van der Waals surface area contributed by atoms with Crippen molar-refractivity contribution in [3.05, 3.63) is 0 Å². The molecule has 0 aromatic carbocycles. The van der Waals surface area contributed by atoms with E-state index >= 15 is 0 Å². The van der Waals surface area contributed by atoms with Gasteiger partial charge in [-0.1, -0.05) is 6.92 Å². The van der Waals surface area contributed by atoms with Crippen molar-refractivity contribution in [1.29, 1.82) is 5.26 Å². The first-order valence-corrected chi connectivity index (χ1v) is 5.43. The number of ether oxygens (including phenoxy) is 1. The van der Waals surface area contributed by atoms with Crippen molar-refractivity contribution < 1.29 is 14.3 Å². The van der Waals surface area contributed by atoms with E-state index in [4.69, 9.17) is 5.26 Å². The highest BCUT2D eigenvalue weighted by Crippen LogP contribution is 2.21. The van der Waals surface area contributed by atoms with Crippen LogP contribution < -0.4 is 0 Å². The van der Waals surface area contributed by atoms with E-state index in [1.165, 1.54) is 12.0 Å². The second-order valence-corrected chi connectivity index (χ2v) is 3.80. The molecule has 0 aromatic rings. The van der Waals surface area contributed by atoms with Gasteiger partial charge in [0.1, 0.15) is 12.0 Å². The van der Waals surface area contributed by atoms with Crippen LogP contribution in [0.2, 0.25) is 0 Å². The molecule has 1 amide bonds. The maximum absolute atomic E-state index is 11.9. The summed E-state index contributed by atoms with van der Waals surface area (Å²) >= 11 is 0. The molecular formula is C11H16N2O3. The summed E-state index contributed by atoms with van der Waals surface area (Å²) in [5.74, 6) is -1.29. The lowest BCUT2D eigenvalue weighted by Gasteiger charge is -2.24. The monoisotopic (exact) mass is 224 g/mol. The van der Waals surface area contributed by atoms with E-state index in [0.29, 0.717) is 19.4 Å². The summed E-state index contributed by atoms with van der Waals surface area (Å²) < 4.78 is 4.65. The molecule has 5 nitrogen and oxygen atoms in total. The van der Waals surface area contributed by atoms with Gasteiger partial charge in [0.15, 0.2) is 0 Å². The van der Waals surface area contributed by atoms with Gasteiger partial charge in [-0.05, 0) is 19.3 Å². The number of carbonyl (C=O) groups is 2. The van der Waals surface area contributed by atoms with Crippen LogP contribution in [0, 0.1) is 17.2 Å². The number of hydrogen-bond acceptors (Lipinski definition) is 4. The van der Waals surface area contributed by atoms with E-state index in [2.05, 4.69) is 4.74 Å². The molecule has 0 radical (unpaired) electrons. The van der Waals surface area contributed by atoms with Crippen LogP contribution in [0.15, 0.2) is 0 Å². The molecule has 0 aliphatic carbocycles. The fourth-order valence-corrected chi connectivity index (χ4v) is 1.93. The minimum Gasteiger partial charge on any atom is -0.467 e. The zero-order valence-electron chi connectivity index (χ0n) is 9.60. The Morgan fingerprint density at radius 3 is 2.81 bits per heavy atom. The van der Waals surface area contributed by atoms with Gasteiger partial charge in [-0.25, -0.2) is 4.79 Å². The molecule has 2 unspecified atom stereocenters. The van der Waals surface area contributed by atoms with Crippen molar-refractivity contribution in [3.8, 4) is 6.07 Å². The fraction of sp³-hybridized carbons (Fsp3) is 0.727. The first-order chi connectivity index (χ1) is 7.65. The molecule has 0 saturated carbocycles. The minimum absolute atomic E-state index is 0.252. The van der Waals surface area contributed by atoms with Gasteiger partial charge >= 0.3 is 5.97 Å². The van der Waals surface area contributed by atoms with Gasteiger partial charge < -0.3 is 9.64 Å². The molecule has 0 aromatic heterocycles. The smallest absolute Gasteiger partial charge is 0.328 e. The van der Waals surface area contributed by atoms with Crippen LogP contribution in [0.4, 0.5) is 0 Å². The summed E-state index contributed by atoms with van der Waals surface area (Å²) in [4.78, 5) is 24.8. The Morgan fingerprint density at radius 1 is 1.62 bits per heavy atom. The van der Waals surface area contributed by atoms with Gasteiger partial charge in [0, 0.05) is 6.54 Å². The first kappa shape index (κ1) is 12.5. The van der Waals surface area contributed by atoms with Gasteiger partial charge in [0.2, 0.25) is 5.91 Å². The highest BCUT2D eigenvalue weighted by atomic mass is 16.5. The van der Waals surface area contributed by atoms with Crippen LogP contribution in [0.5, 0.6) is 0 Å². The number of amides is 1. The molecular weight excluding hydrogens is 208 g/mol. The largest absolute Gasteiger partial charge is 0.467 e. The zero-order valence-corrected chi connectivity index (χ0v) is 9.60. The number of methoxy groups -OCH3 is 1. The van der Waals surface area contributed by atoms with Gasteiger partial charge in [-0.3, -0.25) is 4.79 Å². The Kier molecular flexibility index (Phi) is 4.29. The van der Waals surface area contributed by atoms with Crippen molar-refractivity contribution in [2.75, 3.05) is 13.7 Å². The van der Waals surface area contributed by atoms with Crippen LogP contribution in [-0.2, 0) is 14.3 Å². The number of rotatable bonds is 3. The van der Waals surface area contributed by atoms with E-state index in [1.54, 1.807) is 6.92 Å². The summed E-state index contributed by atoms with van der Waals surface area (Å²) in [6, 6.07) is 1.46. The topological polar surface area (TPSA) is 70.4 Å². The maximum atomic E-state index is 11.9. The van der Waals surface area contributed by atoms with Gasteiger partial charge in [0.05, 0.1) is 13.2 Å². The van der Waals surface area contributed by atoms with E-state index < -0.39 is 17.9 Å². The highest BCUT2D eigenvalue weighted by Gasteiger charge is 2.37. The van der Waals surface area contributed by atoms with Crippen LogP contribution in [0.25, 0.3) is 0 Å². The summed E-state index contributed by atoms with van der Waals surface area (Å²) in [6.07, 6.45) is 1.88. The Labute approximate surface area is 95.0 Å². The van der Waals surface area contributed by atoms with Gasteiger partial charge in [0.25, 0.3) is 0 Å². The number of likely N-dealkylation sites (tertiary alicyclic amines) is 1. The normalized spacial score (nSPS) is 21.3. The molecule has 2 atom stereocenters. The SMILES string of the molecule is CCC(C#N)C(=O)N1CCCC1C(=O)OC. The lowest BCUT2D eigenvalue weighted by Crippen LogP contribution is -2.43. The van der Waals surface area contributed by atoms with E-state index in [9.17, 15) is 9.59 Å². The predicted molar refractivity (Wildman–Crippen MR) is 56.1 cm³/mol. The van der Waals surface area contributed by atoms with Crippen LogP contribution in [-0.4, -0.2) is 36.5 Å². The third-order valence-electron chi connectivity index (χ3n) is 2.87. The van der Waals surface area contributed by atoms with Crippen molar-refractivity contribution in [2.45, 2.75) is 32.2 Å². The molecule has 0 bridgehead atoms. The third kappa shape index (κ3) is 2.32. The quantitative estimate of drug-likeness (QED) is 0.662. The molecule has 1 heterocycles. The lowest BCUT2D eigenvalue weighted by atomic mass is 10.1. The summed E-state index contributed by atoms with van der Waals surface area (Å²) in [7, 11) is 1.31. The van der Waals surface area contributed by atoms with Crippen LogP contribution >= 0.6 is 0 Å². The van der Waals surface area contributed by atoms with Crippen molar-refractivity contribution in [3.63, 3.8) is 0 Å². The Morgan fingerprint density at radius 2 is 2.31 bits per heavy atom. The fourth-order valence-electron chi connectivity index (χ4n) is 1.93. The van der Waals surface area contributed by atoms with Crippen LogP contribution in [0.3, 0.4) is 0 Å². The molecule has 0 spiro atoms. The minimum atomic E-state index is -0.648. The molecule has 1 rings (SSSR count).